The molecular weight excluding hydrogens is 369 g/mol. The highest BCUT2D eigenvalue weighted by Crippen LogP contribution is 2.35. The van der Waals surface area contributed by atoms with Gasteiger partial charge in [-0.2, -0.15) is 0 Å². The average Bonchev–Trinajstić information content (AvgIpc) is 3.11. The van der Waals surface area contributed by atoms with Crippen molar-refractivity contribution in [1.82, 2.24) is 4.90 Å². The Kier molecular flexibility index (Phi) is 4.72. The Labute approximate surface area is 152 Å². The van der Waals surface area contributed by atoms with Crippen molar-refractivity contribution < 1.29 is 14.0 Å². The summed E-state index contributed by atoms with van der Waals surface area (Å²) in [6.07, 6.45) is 6.66. The largest absolute Gasteiger partial charge is 0.457 e. The minimum absolute atomic E-state index is 0.0520. The molecule has 1 aromatic heterocycles. The molecule has 24 heavy (non-hydrogen) atoms. The minimum Gasteiger partial charge on any atom is -0.457 e. The standard InChI is InChI=1S/C17H9Cl2NO3S/c1-2-7-20-16(21)15(24-17(20)22)9-11-4-6-14(23-11)12-8-10(18)3-5-13(12)19/h1,3-6,8-9H,7H2/b15-9+. The predicted molar refractivity (Wildman–Crippen MR) is 95.7 cm³/mol. The molecule has 0 unspecified atom stereocenters. The van der Waals surface area contributed by atoms with Gasteiger partial charge in [-0.25, -0.2) is 0 Å². The lowest BCUT2D eigenvalue weighted by molar-refractivity contribution is -0.122. The van der Waals surface area contributed by atoms with Gasteiger partial charge in [0.05, 0.1) is 16.5 Å². The highest BCUT2D eigenvalue weighted by Gasteiger charge is 2.34. The second-order valence-corrected chi connectivity index (χ2v) is 6.63. The third kappa shape index (κ3) is 3.22. The van der Waals surface area contributed by atoms with E-state index in [-0.39, 0.29) is 11.4 Å². The SMILES string of the molecule is C#CCN1C(=O)S/C(=C/c2ccc(-c3cc(Cl)ccc3Cl)o2)C1=O. The van der Waals surface area contributed by atoms with Crippen LogP contribution in [0, 0.1) is 12.3 Å². The molecule has 0 atom stereocenters. The number of furan rings is 1. The van der Waals surface area contributed by atoms with Crippen molar-refractivity contribution >= 4 is 52.2 Å². The summed E-state index contributed by atoms with van der Waals surface area (Å²) < 4.78 is 5.69. The lowest BCUT2D eigenvalue weighted by atomic mass is 10.2. The third-order valence-corrected chi connectivity index (χ3v) is 4.69. The van der Waals surface area contributed by atoms with E-state index in [0.29, 0.717) is 27.1 Å². The molecule has 0 radical (unpaired) electrons. The molecule has 1 aliphatic rings. The third-order valence-electron chi connectivity index (χ3n) is 3.22. The molecule has 120 valence electrons. The molecule has 0 spiro atoms. The van der Waals surface area contributed by atoms with Gasteiger partial charge in [-0.15, -0.1) is 6.42 Å². The van der Waals surface area contributed by atoms with E-state index >= 15 is 0 Å². The van der Waals surface area contributed by atoms with Crippen LogP contribution in [0.1, 0.15) is 5.76 Å². The van der Waals surface area contributed by atoms with Gasteiger partial charge < -0.3 is 4.42 Å². The molecular formula is C17H9Cl2NO3S. The van der Waals surface area contributed by atoms with Gasteiger partial charge >= 0.3 is 0 Å². The molecule has 3 rings (SSSR count). The summed E-state index contributed by atoms with van der Waals surface area (Å²) in [6, 6.07) is 8.44. The highest BCUT2D eigenvalue weighted by atomic mass is 35.5. The predicted octanol–water partition coefficient (Wildman–Crippen LogP) is 4.92. The van der Waals surface area contributed by atoms with Crippen LogP contribution in [-0.2, 0) is 4.79 Å². The van der Waals surface area contributed by atoms with Gasteiger partial charge in [0, 0.05) is 16.7 Å². The van der Waals surface area contributed by atoms with Gasteiger partial charge in [-0.1, -0.05) is 29.1 Å². The molecule has 0 N–H and O–H groups in total. The molecule has 4 nitrogen and oxygen atoms in total. The van der Waals surface area contributed by atoms with Gasteiger partial charge in [0.2, 0.25) is 0 Å². The number of hydrogen-bond acceptors (Lipinski definition) is 4. The lowest BCUT2D eigenvalue weighted by Crippen LogP contribution is -2.28. The molecule has 2 amide bonds. The summed E-state index contributed by atoms with van der Waals surface area (Å²) in [6.45, 7) is -0.0520. The quantitative estimate of drug-likeness (QED) is 0.562. The maximum absolute atomic E-state index is 12.1. The van der Waals surface area contributed by atoms with Crippen molar-refractivity contribution in [1.29, 1.82) is 0 Å². The van der Waals surface area contributed by atoms with Crippen molar-refractivity contribution in [3.8, 4) is 23.7 Å². The van der Waals surface area contributed by atoms with Crippen molar-refractivity contribution in [2.24, 2.45) is 0 Å². The lowest BCUT2D eigenvalue weighted by Gasteiger charge is -2.06. The Bertz CT molecular complexity index is 911. The number of thioether (sulfide) groups is 1. The van der Waals surface area contributed by atoms with E-state index in [2.05, 4.69) is 5.92 Å². The number of carbonyl (C=O) groups excluding carboxylic acids is 2. The van der Waals surface area contributed by atoms with Crippen molar-refractivity contribution in [3.05, 3.63) is 51.0 Å². The summed E-state index contributed by atoms with van der Waals surface area (Å²) in [5.41, 5.74) is 0.643. The molecule has 0 aliphatic carbocycles. The van der Waals surface area contributed by atoms with Crippen LogP contribution in [0.15, 0.2) is 39.7 Å². The first-order valence-electron chi connectivity index (χ1n) is 6.73. The van der Waals surface area contributed by atoms with E-state index in [4.69, 9.17) is 34.0 Å². The van der Waals surface area contributed by atoms with Gasteiger partial charge in [-0.3, -0.25) is 14.5 Å². The Morgan fingerprint density at radius 3 is 2.79 bits per heavy atom. The minimum atomic E-state index is -0.429. The zero-order valence-corrected chi connectivity index (χ0v) is 14.4. The van der Waals surface area contributed by atoms with E-state index in [9.17, 15) is 9.59 Å². The average molecular weight is 378 g/mol. The van der Waals surface area contributed by atoms with Crippen LogP contribution in [-0.4, -0.2) is 22.6 Å². The molecule has 2 aromatic rings. The van der Waals surface area contributed by atoms with Crippen molar-refractivity contribution in [2.75, 3.05) is 6.54 Å². The van der Waals surface area contributed by atoms with E-state index < -0.39 is 11.1 Å². The fourth-order valence-corrected chi connectivity index (χ4v) is 3.32. The van der Waals surface area contributed by atoms with E-state index in [0.717, 1.165) is 16.7 Å². The molecule has 1 aliphatic heterocycles. The molecule has 1 saturated heterocycles. The Morgan fingerprint density at radius 1 is 1.25 bits per heavy atom. The van der Waals surface area contributed by atoms with Crippen LogP contribution in [0.4, 0.5) is 4.79 Å². The Balaban J connectivity index is 1.89. The van der Waals surface area contributed by atoms with Crippen LogP contribution in [0.5, 0.6) is 0 Å². The van der Waals surface area contributed by atoms with Crippen LogP contribution < -0.4 is 0 Å². The molecule has 7 heteroatoms. The Hall–Kier alpha value is -2.13. The van der Waals surface area contributed by atoms with Gasteiger partial charge in [-0.05, 0) is 42.1 Å². The Morgan fingerprint density at radius 2 is 2.04 bits per heavy atom. The summed E-state index contributed by atoms with van der Waals surface area (Å²) in [5, 5.41) is 0.631. The number of halogens is 2. The molecule has 1 fully saturated rings. The maximum Gasteiger partial charge on any atom is 0.294 e. The van der Waals surface area contributed by atoms with Crippen LogP contribution in [0.3, 0.4) is 0 Å². The van der Waals surface area contributed by atoms with Crippen molar-refractivity contribution in [2.45, 2.75) is 0 Å². The number of terminal acetylenes is 1. The topological polar surface area (TPSA) is 50.5 Å². The fourth-order valence-electron chi connectivity index (χ4n) is 2.12. The van der Waals surface area contributed by atoms with Gasteiger partial charge in [0.15, 0.2) is 0 Å². The summed E-state index contributed by atoms with van der Waals surface area (Å²) in [7, 11) is 0. The zero-order valence-electron chi connectivity index (χ0n) is 12.1. The smallest absolute Gasteiger partial charge is 0.294 e. The number of rotatable bonds is 3. The monoisotopic (exact) mass is 377 g/mol. The normalized spacial score (nSPS) is 16.0. The zero-order chi connectivity index (χ0) is 17.3. The van der Waals surface area contributed by atoms with Crippen molar-refractivity contribution in [3.63, 3.8) is 0 Å². The van der Waals surface area contributed by atoms with Crippen LogP contribution >= 0.6 is 35.0 Å². The van der Waals surface area contributed by atoms with Gasteiger partial charge in [0.25, 0.3) is 11.1 Å². The van der Waals surface area contributed by atoms with Crippen LogP contribution in [0.2, 0.25) is 10.0 Å². The number of imide groups is 1. The first-order chi connectivity index (χ1) is 11.5. The molecule has 1 aromatic carbocycles. The first kappa shape index (κ1) is 16.7. The summed E-state index contributed by atoms with van der Waals surface area (Å²) >= 11 is 12.9. The second-order valence-electron chi connectivity index (χ2n) is 4.80. The molecule has 0 bridgehead atoms. The summed E-state index contributed by atoms with van der Waals surface area (Å²) in [4.78, 5) is 25.1. The van der Waals surface area contributed by atoms with Gasteiger partial charge in [0.1, 0.15) is 11.5 Å². The highest BCUT2D eigenvalue weighted by molar-refractivity contribution is 8.18. The van der Waals surface area contributed by atoms with E-state index in [1.54, 1.807) is 30.3 Å². The number of amides is 2. The molecule has 2 heterocycles. The first-order valence-corrected chi connectivity index (χ1v) is 8.31. The molecule has 0 saturated carbocycles. The number of carbonyl (C=O) groups is 2. The maximum atomic E-state index is 12.1. The second kappa shape index (κ2) is 6.78. The summed E-state index contributed by atoms with van der Waals surface area (Å²) in [5.74, 6) is 2.79. The fraction of sp³-hybridized carbons (Fsp3) is 0.0588. The van der Waals surface area contributed by atoms with Crippen LogP contribution in [0.25, 0.3) is 17.4 Å². The van der Waals surface area contributed by atoms with E-state index in [1.165, 1.54) is 6.08 Å². The number of benzene rings is 1. The number of nitrogens with zero attached hydrogens (tertiary/aromatic N) is 1. The van der Waals surface area contributed by atoms with E-state index in [1.807, 2.05) is 0 Å². The number of hydrogen-bond donors (Lipinski definition) is 0.